The van der Waals surface area contributed by atoms with Crippen LogP contribution < -0.4 is 9.80 Å². The van der Waals surface area contributed by atoms with Gasteiger partial charge in [0.05, 0.1) is 24.3 Å². The zero-order valence-corrected chi connectivity index (χ0v) is 20.0. The van der Waals surface area contributed by atoms with Crippen molar-refractivity contribution in [1.82, 2.24) is 10.1 Å². The number of hydrogen-bond acceptors (Lipinski definition) is 8. The van der Waals surface area contributed by atoms with E-state index >= 15 is 0 Å². The molecule has 0 atom stereocenters. The standard InChI is InChI=1S/C24H34N4O4/c1-23(2,3)31-25-11-13-27(21(15-25)17-29)19-7-9-20(10-8-19)28-14-12-26(16-22(28)18-30)32-24(4,5)6/h7-10H,11-16H2,1-6H3. The van der Waals surface area contributed by atoms with Gasteiger partial charge in [0.15, 0.2) is 0 Å². The summed E-state index contributed by atoms with van der Waals surface area (Å²) in [4.78, 5) is 39.0. The van der Waals surface area contributed by atoms with Crippen LogP contribution in [0.3, 0.4) is 0 Å². The number of hydroxylamine groups is 4. The highest BCUT2D eigenvalue weighted by Crippen LogP contribution is 2.28. The Bertz CT molecular complexity index is 828. The molecule has 32 heavy (non-hydrogen) atoms. The summed E-state index contributed by atoms with van der Waals surface area (Å²) in [6.07, 6.45) is 0. The van der Waals surface area contributed by atoms with Crippen LogP contribution in [0.4, 0.5) is 11.4 Å². The molecule has 1 aromatic carbocycles. The number of piperazine rings is 2. The fourth-order valence-electron chi connectivity index (χ4n) is 3.84. The van der Waals surface area contributed by atoms with Crippen LogP contribution in [-0.2, 0) is 19.3 Å². The molecule has 0 amide bonds. The van der Waals surface area contributed by atoms with Crippen LogP contribution in [0.5, 0.6) is 0 Å². The summed E-state index contributed by atoms with van der Waals surface area (Å²) in [5.41, 5.74) is 2.26. The topological polar surface area (TPSA) is 65.6 Å². The Hall–Kier alpha value is -2.44. The maximum absolute atomic E-state index is 11.6. The Morgan fingerprint density at radius 1 is 0.656 bits per heavy atom. The molecule has 2 fully saturated rings. The normalized spacial score (nSPS) is 19.2. The lowest BCUT2D eigenvalue weighted by molar-refractivity contribution is -0.226. The second-order valence-electron chi connectivity index (χ2n) is 10.1. The molecular formula is C24H34N4O4. The Kier molecular flexibility index (Phi) is 7.25. The summed E-state index contributed by atoms with van der Waals surface area (Å²) in [6, 6.07) is 7.86. The molecule has 0 unspecified atom stereocenters. The molecule has 0 radical (unpaired) electrons. The van der Waals surface area contributed by atoms with Crippen molar-refractivity contribution in [3.63, 3.8) is 0 Å². The minimum Gasteiger partial charge on any atom is -0.333 e. The maximum atomic E-state index is 11.6. The number of rotatable bonds is 4. The molecule has 2 heterocycles. The summed E-state index contributed by atoms with van der Waals surface area (Å²) in [5.74, 6) is 4.14. The molecule has 174 valence electrons. The number of anilines is 2. The average molecular weight is 443 g/mol. The first-order valence-corrected chi connectivity index (χ1v) is 11.0. The fourth-order valence-corrected chi connectivity index (χ4v) is 3.84. The van der Waals surface area contributed by atoms with Gasteiger partial charge < -0.3 is 9.80 Å². The van der Waals surface area contributed by atoms with Gasteiger partial charge in [0, 0.05) is 37.6 Å². The Morgan fingerprint density at radius 3 is 1.28 bits per heavy atom. The van der Waals surface area contributed by atoms with Gasteiger partial charge >= 0.3 is 0 Å². The van der Waals surface area contributed by atoms with Crippen LogP contribution in [0.2, 0.25) is 0 Å². The van der Waals surface area contributed by atoms with Crippen molar-refractivity contribution in [3.05, 3.63) is 35.7 Å². The molecule has 0 aromatic heterocycles. The summed E-state index contributed by atoms with van der Waals surface area (Å²) < 4.78 is 0. The zero-order valence-electron chi connectivity index (χ0n) is 20.0. The fraction of sp³-hybridized carbons (Fsp3) is 0.583. The summed E-state index contributed by atoms with van der Waals surface area (Å²) in [5, 5.41) is 3.62. The van der Waals surface area contributed by atoms with Gasteiger partial charge in [-0.05, 0) is 65.8 Å². The van der Waals surface area contributed by atoms with Crippen LogP contribution in [0.25, 0.3) is 0 Å². The van der Waals surface area contributed by atoms with Crippen LogP contribution in [0, 0.1) is 0 Å². The first kappa shape index (κ1) is 24.2. The first-order chi connectivity index (χ1) is 15.0. The van der Waals surface area contributed by atoms with Gasteiger partial charge in [-0.2, -0.15) is 10.1 Å². The highest BCUT2D eigenvalue weighted by atomic mass is 16.7. The molecule has 0 N–H and O–H groups in total. The van der Waals surface area contributed by atoms with Gasteiger partial charge in [-0.1, -0.05) is 0 Å². The average Bonchev–Trinajstić information content (AvgIpc) is 2.71. The van der Waals surface area contributed by atoms with E-state index in [0.717, 1.165) is 11.4 Å². The highest BCUT2D eigenvalue weighted by Gasteiger charge is 2.29. The largest absolute Gasteiger partial charge is 0.333 e. The highest BCUT2D eigenvalue weighted by molar-refractivity contribution is 5.70. The first-order valence-electron chi connectivity index (χ1n) is 11.0. The lowest BCUT2D eigenvalue weighted by Gasteiger charge is -2.39. The van der Waals surface area contributed by atoms with Crippen molar-refractivity contribution in [2.75, 3.05) is 49.1 Å². The molecule has 2 saturated heterocycles. The minimum absolute atomic E-state index is 0.316. The second kappa shape index (κ2) is 9.59. The predicted octanol–water partition coefficient (Wildman–Crippen LogP) is 2.82. The van der Waals surface area contributed by atoms with Crippen molar-refractivity contribution < 1.29 is 19.3 Å². The van der Waals surface area contributed by atoms with Crippen molar-refractivity contribution in [2.24, 2.45) is 0 Å². The number of benzene rings is 1. The van der Waals surface area contributed by atoms with Crippen LogP contribution in [0.1, 0.15) is 41.5 Å². The van der Waals surface area contributed by atoms with E-state index in [1.54, 1.807) is 0 Å². The van der Waals surface area contributed by atoms with Crippen molar-refractivity contribution >= 4 is 23.3 Å². The van der Waals surface area contributed by atoms with E-state index in [-0.39, 0.29) is 11.2 Å². The van der Waals surface area contributed by atoms with E-state index in [9.17, 15) is 9.59 Å². The number of carbonyl (C=O) groups excluding carboxylic acids is 2. The molecule has 0 bridgehead atoms. The molecule has 0 spiro atoms. The Labute approximate surface area is 190 Å². The molecule has 3 rings (SSSR count). The molecule has 8 heteroatoms. The predicted molar refractivity (Wildman–Crippen MR) is 124 cm³/mol. The van der Waals surface area contributed by atoms with E-state index in [1.807, 2.05) is 85.7 Å². The van der Waals surface area contributed by atoms with Crippen molar-refractivity contribution in [1.29, 1.82) is 0 Å². The molecule has 0 aliphatic carbocycles. The third-order valence-corrected chi connectivity index (χ3v) is 4.96. The van der Waals surface area contributed by atoms with E-state index in [1.165, 1.54) is 0 Å². The Morgan fingerprint density at radius 2 is 1.00 bits per heavy atom. The summed E-state index contributed by atoms with van der Waals surface area (Å²) >= 11 is 0. The van der Waals surface area contributed by atoms with E-state index in [4.69, 9.17) is 9.68 Å². The van der Waals surface area contributed by atoms with Gasteiger partial charge in [0.2, 0.25) is 0 Å². The van der Waals surface area contributed by atoms with Gasteiger partial charge in [-0.15, -0.1) is 0 Å². The lowest BCUT2D eigenvalue weighted by atomic mass is 10.1. The summed E-state index contributed by atoms with van der Waals surface area (Å²) in [7, 11) is 0. The van der Waals surface area contributed by atoms with Crippen molar-refractivity contribution in [3.8, 4) is 0 Å². The van der Waals surface area contributed by atoms with Gasteiger partial charge in [-0.25, -0.2) is 9.59 Å². The quantitative estimate of drug-likeness (QED) is 0.660. The van der Waals surface area contributed by atoms with Crippen LogP contribution in [-0.4, -0.2) is 72.5 Å². The smallest absolute Gasteiger partial charge is 0.147 e. The molecular weight excluding hydrogens is 408 g/mol. The number of hydrogen-bond donors (Lipinski definition) is 0. The molecule has 0 saturated carbocycles. The molecule has 1 aromatic rings. The third kappa shape index (κ3) is 6.30. The lowest BCUT2D eigenvalue weighted by Crippen LogP contribution is -2.48. The number of nitrogens with zero attached hydrogens (tertiary/aromatic N) is 4. The molecule has 8 nitrogen and oxygen atoms in total. The van der Waals surface area contributed by atoms with Crippen LogP contribution >= 0.6 is 0 Å². The van der Waals surface area contributed by atoms with E-state index in [2.05, 4.69) is 11.9 Å². The zero-order chi connectivity index (χ0) is 23.5. The van der Waals surface area contributed by atoms with Crippen LogP contribution in [0.15, 0.2) is 35.7 Å². The van der Waals surface area contributed by atoms with Gasteiger partial charge in [0.1, 0.15) is 23.3 Å². The minimum atomic E-state index is -0.316. The third-order valence-electron chi connectivity index (χ3n) is 4.96. The monoisotopic (exact) mass is 442 g/mol. The van der Waals surface area contributed by atoms with Gasteiger partial charge in [-0.3, -0.25) is 9.68 Å². The van der Waals surface area contributed by atoms with Crippen molar-refractivity contribution in [2.45, 2.75) is 52.7 Å². The van der Waals surface area contributed by atoms with E-state index in [0.29, 0.717) is 50.7 Å². The maximum Gasteiger partial charge on any atom is 0.147 e. The molecule has 2 aliphatic heterocycles. The Balaban J connectivity index is 1.69. The van der Waals surface area contributed by atoms with Gasteiger partial charge in [0.25, 0.3) is 0 Å². The second-order valence-corrected chi connectivity index (χ2v) is 10.1. The SMILES string of the molecule is CC(C)(C)ON1CCN(c2ccc(N3CCN(OC(C)(C)C)CC3=C=O)cc2)C(=C=O)C1. The van der Waals surface area contributed by atoms with E-state index < -0.39 is 0 Å². The summed E-state index contributed by atoms with van der Waals surface area (Å²) in [6.45, 7) is 15.3. The molecule has 2 aliphatic rings.